The topological polar surface area (TPSA) is 44.5 Å². The molecule has 4 heteroatoms. The van der Waals surface area contributed by atoms with Gasteiger partial charge in [0, 0.05) is 12.6 Å². The lowest BCUT2D eigenvalue weighted by molar-refractivity contribution is 0.127. The highest BCUT2D eigenvalue weighted by Gasteiger charge is 2.20. The minimum Gasteiger partial charge on any atom is -0.494 e. The molecular weight excluding hydrogens is 298 g/mol. The van der Waals surface area contributed by atoms with Crippen molar-refractivity contribution in [3.05, 3.63) is 29.3 Å². The highest BCUT2D eigenvalue weighted by molar-refractivity contribution is 5.85. The maximum atomic E-state index is 6.10. The van der Waals surface area contributed by atoms with E-state index in [-0.39, 0.29) is 18.4 Å². The molecule has 0 radical (unpaired) electrons. The van der Waals surface area contributed by atoms with Crippen molar-refractivity contribution in [1.82, 2.24) is 0 Å². The number of hydrogen-bond donors (Lipinski definition) is 1. The van der Waals surface area contributed by atoms with E-state index < -0.39 is 0 Å². The van der Waals surface area contributed by atoms with E-state index in [2.05, 4.69) is 25.1 Å². The molecule has 0 heterocycles. The first-order valence-electron chi connectivity index (χ1n) is 8.30. The molecule has 0 amide bonds. The first-order valence-corrected chi connectivity index (χ1v) is 8.30. The van der Waals surface area contributed by atoms with Gasteiger partial charge in [-0.2, -0.15) is 0 Å². The van der Waals surface area contributed by atoms with Crippen molar-refractivity contribution in [3.8, 4) is 5.75 Å². The molecule has 22 heavy (non-hydrogen) atoms. The van der Waals surface area contributed by atoms with Gasteiger partial charge in [-0.15, -0.1) is 12.4 Å². The molecule has 0 spiro atoms. The molecular formula is C18H30ClNO2. The van der Waals surface area contributed by atoms with Crippen molar-refractivity contribution in [2.24, 2.45) is 11.7 Å². The summed E-state index contributed by atoms with van der Waals surface area (Å²) < 4.78 is 11.4. The lowest BCUT2D eigenvalue weighted by Crippen LogP contribution is -2.22. The molecule has 1 aromatic rings. The molecule has 126 valence electrons. The Morgan fingerprint density at radius 3 is 2.68 bits per heavy atom. The zero-order valence-electron chi connectivity index (χ0n) is 13.8. The summed E-state index contributed by atoms with van der Waals surface area (Å²) in [4.78, 5) is 0. The number of halogens is 1. The minimum absolute atomic E-state index is 0. The van der Waals surface area contributed by atoms with Crippen LogP contribution in [0.4, 0.5) is 0 Å². The molecule has 0 saturated heterocycles. The Morgan fingerprint density at radius 2 is 2.05 bits per heavy atom. The standard InChI is InChI=1S/C18H29NO2.ClH/c1-3-17(19)12-16-11-14(7-8-18(16)21-4-2)9-10-20-13-15-5-6-15;/h7-8,11,15,17H,3-6,9-10,12-13,19H2,1-2H3;1H. The largest absolute Gasteiger partial charge is 0.494 e. The monoisotopic (exact) mass is 327 g/mol. The molecule has 2 N–H and O–H groups in total. The third kappa shape index (κ3) is 6.55. The molecule has 0 bridgehead atoms. The Morgan fingerprint density at radius 1 is 1.27 bits per heavy atom. The molecule has 1 fully saturated rings. The maximum absolute atomic E-state index is 6.10. The molecule has 3 nitrogen and oxygen atoms in total. The first kappa shape index (κ1) is 19.3. The van der Waals surface area contributed by atoms with Crippen LogP contribution < -0.4 is 10.5 Å². The fraction of sp³-hybridized carbons (Fsp3) is 0.667. The number of nitrogens with two attached hydrogens (primary N) is 1. The van der Waals surface area contributed by atoms with Gasteiger partial charge >= 0.3 is 0 Å². The lowest BCUT2D eigenvalue weighted by Gasteiger charge is -2.15. The summed E-state index contributed by atoms with van der Waals surface area (Å²) in [5, 5.41) is 0. The Labute approximate surface area is 141 Å². The van der Waals surface area contributed by atoms with Gasteiger partial charge in [-0.3, -0.25) is 0 Å². The minimum atomic E-state index is 0. The smallest absolute Gasteiger partial charge is 0.122 e. The summed E-state index contributed by atoms with van der Waals surface area (Å²) in [6.45, 7) is 6.58. The van der Waals surface area contributed by atoms with E-state index in [1.807, 2.05) is 6.92 Å². The van der Waals surface area contributed by atoms with E-state index in [9.17, 15) is 0 Å². The van der Waals surface area contributed by atoms with Crippen LogP contribution in [-0.4, -0.2) is 25.9 Å². The molecule has 0 aliphatic heterocycles. The summed E-state index contributed by atoms with van der Waals surface area (Å²) in [6.07, 6.45) is 5.53. The van der Waals surface area contributed by atoms with Crippen molar-refractivity contribution >= 4 is 12.4 Å². The highest BCUT2D eigenvalue weighted by atomic mass is 35.5. The zero-order valence-corrected chi connectivity index (χ0v) is 14.7. The van der Waals surface area contributed by atoms with E-state index >= 15 is 0 Å². The van der Waals surface area contributed by atoms with Crippen LogP contribution in [0.5, 0.6) is 5.75 Å². The third-order valence-electron chi connectivity index (χ3n) is 4.02. The van der Waals surface area contributed by atoms with Gasteiger partial charge in [0.1, 0.15) is 5.75 Å². The Balaban J connectivity index is 0.00000242. The normalized spacial score (nSPS) is 15.2. The summed E-state index contributed by atoms with van der Waals surface area (Å²) >= 11 is 0. The first-order chi connectivity index (χ1) is 10.2. The van der Waals surface area contributed by atoms with Gasteiger partial charge in [-0.1, -0.05) is 19.1 Å². The van der Waals surface area contributed by atoms with Crippen molar-refractivity contribution < 1.29 is 9.47 Å². The third-order valence-corrected chi connectivity index (χ3v) is 4.02. The second kappa shape index (κ2) is 10.1. The second-order valence-electron chi connectivity index (χ2n) is 6.02. The van der Waals surface area contributed by atoms with Gasteiger partial charge in [0.05, 0.1) is 13.2 Å². The predicted molar refractivity (Wildman–Crippen MR) is 94.1 cm³/mol. The molecule has 1 aromatic carbocycles. The summed E-state index contributed by atoms with van der Waals surface area (Å²) in [5.41, 5.74) is 8.64. The molecule has 0 aromatic heterocycles. The molecule has 1 unspecified atom stereocenters. The molecule has 1 saturated carbocycles. The van der Waals surface area contributed by atoms with Gasteiger partial charge in [0.25, 0.3) is 0 Å². The quantitative estimate of drug-likeness (QED) is 0.665. The van der Waals surface area contributed by atoms with Crippen LogP contribution in [0.3, 0.4) is 0 Å². The SMILES string of the molecule is CCOc1ccc(CCOCC2CC2)cc1CC(N)CC.Cl. The van der Waals surface area contributed by atoms with Gasteiger partial charge in [-0.25, -0.2) is 0 Å². The summed E-state index contributed by atoms with van der Waals surface area (Å²) in [5.74, 6) is 1.81. The van der Waals surface area contributed by atoms with Crippen molar-refractivity contribution in [2.75, 3.05) is 19.8 Å². The Bertz CT molecular complexity index is 435. The lowest BCUT2D eigenvalue weighted by atomic mass is 10.0. The maximum Gasteiger partial charge on any atom is 0.122 e. The van der Waals surface area contributed by atoms with Gasteiger partial charge in [0.15, 0.2) is 0 Å². The number of rotatable bonds is 10. The van der Waals surface area contributed by atoms with Crippen LogP contribution in [0.15, 0.2) is 18.2 Å². The van der Waals surface area contributed by atoms with Gasteiger partial charge in [-0.05, 0) is 62.1 Å². The van der Waals surface area contributed by atoms with Crippen molar-refractivity contribution in [2.45, 2.75) is 52.0 Å². The van der Waals surface area contributed by atoms with E-state index in [1.165, 1.54) is 24.0 Å². The second-order valence-corrected chi connectivity index (χ2v) is 6.02. The zero-order chi connectivity index (χ0) is 15.1. The van der Waals surface area contributed by atoms with Crippen molar-refractivity contribution in [3.63, 3.8) is 0 Å². The molecule has 1 aliphatic rings. The number of ether oxygens (including phenoxy) is 2. The Hall–Kier alpha value is -0.770. The highest BCUT2D eigenvalue weighted by Crippen LogP contribution is 2.29. The fourth-order valence-electron chi connectivity index (χ4n) is 2.40. The summed E-state index contributed by atoms with van der Waals surface area (Å²) in [6, 6.07) is 6.66. The van der Waals surface area contributed by atoms with Crippen LogP contribution in [0.2, 0.25) is 0 Å². The van der Waals surface area contributed by atoms with Crippen LogP contribution in [-0.2, 0) is 17.6 Å². The van der Waals surface area contributed by atoms with E-state index in [0.29, 0.717) is 6.61 Å². The average Bonchev–Trinajstić information content (AvgIpc) is 3.30. The van der Waals surface area contributed by atoms with Gasteiger partial charge < -0.3 is 15.2 Å². The predicted octanol–water partition coefficient (Wildman–Crippen LogP) is 3.76. The molecule has 2 rings (SSSR count). The fourth-order valence-corrected chi connectivity index (χ4v) is 2.40. The van der Waals surface area contributed by atoms with Crippen molar-refractivity contribution in [1.29, 1.82) is 0 Å². The van der Waals surface area contributed by atoms with Crippen LogP contribution in [0.1, 0.15) is 44.2 Å². The average molecular weight is 328 g/mol. The molecule has 1 atom stereocenters. The van der Waals surface area contributed by atoms with Crippen LogP contribution in [0.25, 0.3) is 0 Å². The molecule has 1 aliphatic carbocycles. The number of benzene rings is 1. The van der Waals surface area contributed by atoms with Gasteiger partial charge in [0.2, 0.25) is 0 Å². The number of hydrogen-bond acceptors (Lipinski definition) is 3. The van der Waals surface area contributed by atoms with Crippen LogP contribution >= 0.6 is 12.4 Å². The van der Waals surface area contributed by atoms with E-state index in [0.717, 1.165) is 44.1 Å². The van der Waals surface area contributed by atoms with E-state index in [4.69, 9.17) is 15.2 Å². The van der Waals surface area contributed by atoms with Crippen LogP contribution in [0, 0.1) is 5.92 Å². The Kier molecular flexibility index (Phi) is 8.84. The summed E-state index contributed by atoms with van der Waals surface area (Å²) in [7, 11) is 0. The van der Waals surface area contributed by atoms with E-state index in [1.54, 1.807) is 0 Å².